The summed E-state index contributed by atoms with van der Waals surface area (Å²) in [6, 6.07) is 0. The van der Waals surface area contributed by atoms with Gasteiger partial charge >= 0.3 is 0 Å². The Bertz CT molecular complexity index is 526. The first-order valence-electron chi connectivity index (χ1n) is 8.70. The molecule has 1 spiro atoms. The number of amides is 1. The molecule has 0 radical (unpaired) electrons. The van der Waals surface area contributed by atoms with Crippen LogP contribution in [0, 0.1) is 11.8 Å². The third kappa shape index (κ3) is 2.68. The number of nitrogens with two attached hydrogens (primary N) is 1. The monoisotopic (exact) mass is 328 g/mol. The Balaban J connectivity index is 1.77. The molecule has 1 amide bonds. The van der Waals surface area contributed by atoms with Gasteiger partial charge in [0.05, 0.1) is 10.5 Å². The summed E-state index contributed by atoms with van der Waals surface area (Å²) in [7, 11) is -3.07. The highest BCUT2D eigenvalue weighted by Crippen LogP contribution is 2.40. The summed E-state index contributed by atoms with van der Waals surface area (Å²) in [6.45, 7) is 1.35. The maximum atomic E-state index is 12.9. The van der Waals surface area contributed by atoms with E-state index in [0.29, 0.717) is 19.6 Å². The summed E-state index contributed by atoms with van der Waals surface area (Å²) in [5, 5.41) is 0. The van der Waals surface area contributed by atoms with Crippen LogP contribution >= 0.6 is 0 Å². The van der Waals surface area contributed by atoms with E-state index in [4.69, 9.17) is 5.73 Å². The van der Waals surface area contributed by atoms with E-state index in [9.17, 15) is 13.2 Å². The van der Waals surface area contributed by atoms with Crippen LogP contribution in [-0.4, -0.2) is 49.4 Å². The molecule has 5 nitrogen and oxygen atoms in total. The zero-order valence-electron chi connectivity index (χ0n) is 13.3. The van der Waals surface area contributed by atoms with Crippen LogP contribution < -0.4 is 5.73 Å². The maximum Gasteiger partial charge on any atom is 0.226 e. The number of sulfone groups is 1. The fraction of sp³-hybridized carbons (Fsp3) is 0.938. The van der Waals surface area contributed by atoms with Crippen molar-refractivity contribution in [1.82, 2.24) is 4.90 Å². The van der Waals surface area contributed by atoms with Gasteiger partial charge in [0.15, 0.2) is 9.84 Å². The highest BCUT2D eigenvalue weighted by Gasteiger charge is 2.50. The van der Waals surface area contributed by atoms with Gasteiger partial charge in [-0.15, -0.1) is 0 Å². The molecule has 0 bridgehead atoms. The Morgan fingerprint density at radius 1 is 1.14 bits per heavy atom. The van der Waals surface area contributed by atoms with Gasteiger partial charge in [0.25, 0.3) is 0 Å². The smallest absolute Gasteiger partial charge is 0.226 e. The minimum absolute atomic E-state index is 0.0199. The summed E-state index contributed by atoms with van der Waals surface area (Å²) in [5.41, 5.74) is 5.80. The lowest BCUT2D eigenvalue weighted by molar-refractivity contribution is -0.137. The van der Waals surface area contributed by atoms with E-state index in [1.165, 1.54) is 0 Å². The van der Waals surface area contributed by atoms with Crippen LogP contribution in [0.1, 0.15) is 51.4 Å². The Morgan fingerprint density at radius 3 is 2.55 bits per heavy atom. The van der Waals surface area contributed by atoms with Crippen molar-refractivity contribution in [2.45, 2.75) is 56.1 Å². The standard InChI is InChI=1S/C16H28N2O3S/c17-11-13-5-4-6-14(13)15(19)18-9-10-22(20,21)16(12-18)7-2-1-3-8-16/h13-14H,1-12,17H2/t13-,14-/m1/s1. The Hall–Kier alpha value is -0.620. The molecule has 6 heteroatoms. The van der Waals surface area contributed by atoms with Crippen LogP contribution in [0.3, 0.4) is 0 Å². The number of hydrogen-bond acceptors (Lipinski definition) is 4. The third-order valence-electron chi connectivity index (χ3n) is 6.12. The average Bonchev–Trinajstić information content (AvgIpc) is 2.99. The number of carbonyl (C=O) groups excluding carboxylic acids is 1. The largest absolute Gasteiger partial charge is 0.340 e. The van der Waals surface area contributed by atoms with Crippen molar-refractivity contribution in [3.8, 4) is 0 Å². The molecule has 3 rings (SSSR count). The molecule has 3 fully saturated rings. The molecule has 1 aliphatic heterocycles. The Labute approximate surface area is 133 Å². The van der Waals surface area contributed by atoms with Crippen molar-refractivity contribution in [3.05, 3.63) is 0 Å². The van der Waals surface area contributed by atoms with Gasteiger partial charge < -0.3 is 10.6 Å². The second-order valence-electron chi connectivity index (χ2n) is 7.36. The van der Waals surface area contributed by atoms with Crippen LogP contribution in [-0.2, 0) is 14.6 Å². The molecule has 2 N–H and O–H groups in total. The summed E-state index contributed by atoms with van der Waals surface area (Å²) in [5.74, 6) is 0.603. The van der Waals surface area contributed by atoms with Gasteiger partial charge in [-0.05, 0) is 38.1 Å². The molecule has 3 aliphatic rings. The number of hydrogen-bond donors (Lipinski definition) is 1. The normalized spacial score (nSPS) is 34.0. The first-order chi connectivity index (χ1) is 10.5. The second kappa shape index (κ2) is 6.11. The SMILES string of the molecule is NC[C@H]1CCC[C@H]1C(=O)N1CCS(=O)(=O)C2(CCCCC2)C1. The van der Waals surface area contributed by atoms with Crippen LogP contribution in [0.25, 0.3) is 0 Å². The van der Waals surface area contributed by atoms with E-state index in [1.54, 1.807) is 0 Å². The second-order valence-corrected chi connectivity index (χ2v) is 9.86. The van der Waals surface area contributed by atoms with Gasteiger partial charge in [-0.2, -0.15) is 0 Å². The Kier molecular flexibility index (Phi) is 4.52. The lowest BCUT2D eigenvalue weighted by Crippen LogP contribution is -2.59. The molecule has 1 heterocycles. The minimum Gasteiger partial charge on any atom is -0.340 e. The van der Waals surface area contributed by atoms with Crippen LogP contribution in [0.4, 0.5) is 0 Å². The molecular formula is C16H28N2O3S. The molecular weight excluding hydrogens is 300 g/mol. The van der Waals surface area contributed by atoms with Gasteiger partial charge in [-0.3, -0.25) is 4.79 Å². The lowest BCUT2D eigenvalue weighted by Gasteiger charge is -2.45. The van der Waals surface area contributed by atoms with E-state index in [-0.39, 0.29) is 23.5 Å². The Morgan fingerprint density at radius 2 is 1.86 bits per heavy atom. The predicted octanol–water partition coefficient (Wildman–Crippen LogP) is 1.32. The summed E-state index contributed by atoms with van der Waals surface area (Å²) >= 11 is 0. The zero-order chi connectivity index (χ0) is 15.8. The highest BCUT2D eigenvalue weighted by atomic mass is 32.2. The van der Waals surface area contributed by atoms with Gasteiger partial charge in [-0.1, -0.05) is 25.7 Å². The van der Waals surface area contributed by atoms with Crippen LogP contribution in [0.2, 0.25) is 0 Å². The van der Waals surface area contributed by atoms with E-state index in [2.05, 4.69) is 0 Å². The number of carbonyl (C=O) groups is 1. The fourth-order valence-corrected chi connectivity index (χ4v) is 6.86. The van der Waals surface area contributed by atoms with Gasteiger partial charge in [0, 0.05) is 19.0 Å². The number of nitrogens with zero attached hydrogens (tertiary/aromatic N) is 1. The molecule has 2 atom stereocenters. The minimum atomic E-state index is -3.07. The zero-order valence-corrected chi connectivity index (χ0v) is 14.1. The molecule has 1 saturated heterocycles. The van der Waals surface area contributed by atoms with Crippen molar-refractivity contribution < 1.29 is 13.2 Å². The molecule has 0 aromatic rings. The summed E-state index contributed by atoms with van der Waals surface area (Å²) < 4.78 is 24.6. The van der Waals surface area contributed by atoms with E-state index in [0.717, 1.165) is 51.4 Å². The maximum absolute atomic E-state index is 12.9. The van der Waals surface area contributed by atoms with Gasteiger partial charge in [0.2, 0.25) is 5.91 Å². The quantitative estimate of drug-likeness (QED) is 0.829. The van der Waals surface area contributed by atoms with Gasteiger partial charge in [0.1, 0.15) is 0 Å². The van der Waals surface area contributed by atoms with E-state index >= 15 is 0 Å². The summed E-state index contributed by atoms with van der Waals surface area (Å²) in [6.07, 6.45) is 7.51. The topological polar surface area (TPSA) is 80.5 Å². The molecule has 2 aliphatic carbocycles. The first kappa shape index (κ1) is 16.2. The average molecular weight is 328 g/mol. The molecule has 0 aromatic heterocycles. The van der Waals surface area contributed by atoms with Crippen molar-refractivity contribution in [3.63, 3.8) is 0 Å². The van der Waals surface area contributed by atoms with E-state index in [1.807, 2.05) is 4.90 Å². The molecule has 126 valence electrons. The highest BCUT2D eigenvalue weighted by molar-refractivity contribution is 7.92. The molecule has 0 aromatic carbocycles. The first-order valence-corrected chi connectivity index (χ1v) is 10.4. The van der Waals surface area contributed by atoms with Crippen molar-refractivity contribution >= 4 is 15.7 Å². The van der Waals surface area contributed by atoms with Gasteiger partial charge in [-0.25, -0.2) is 8.42 Å². The van der Waals surface area contributed by atoms with Crippen molar-refractivity contribution in [2.75, 3.05) is 25.4 Å². The molecule has 22 heavy (non-hydrogen) atoms. The van der Waals surface area contributed by atoms with E-state index < -0.39 is 14.6 Å². The predicted molar refractivity (Wildman–Crippen MR) is 86.1 cm³/mol. The van der Waals surface area contributed by atoms with Crippen LogP contribution in [0.15, 0.2) is 0 Å². The van der Waals surface area contributed by atoms with Crippen molar-refractivity contribution in [2.24, 2.45) is 17.6 Å². The van der Waals surface area contributed by atoms with Crippen molar-refractivity contribution in [1.29, 1.82) is 0 Å². The molecule has 2 saturated carbocycles. The summed E-state index contributed by atoms with van der Waals surface area (Å²) in [4.78, 5) is 14.7. The van der Waals surface area contributed by atoms with Crippen LogP contribution in [0.5, 0.6) is 0 Å². The lowest BCUT2D eigenvalue weighted by atomic mass is 9.87. The molecule has 0 unspecified atom stereocenters. The fourth-order valence-electron chi connectivity index (χ4n) is 4.70. The number of rotatable bonds is 2. The third-order valence-corrected chi connectivity index (χ3v) is 8.70.